The Hall–Kier alpha value is -2.49. The predicted octanol–water partition coefficient (Wildman–Crippen LogP) is 3.51. The van der Waals surface area contributed by atoms with E-state index < -0.39 is 0 Å². The number of hydrogen-bond acceptors (Lipinski definition) is 3. The summed E-state index contributed by atoms with van der Waals surface area (Å²) in [6, 6.07) is 15.5. The first-order valence-corrected chi connectivity index (χ1v) is 7.79. The van der Waals surface area contributed by atoms with Crippen LogP contribution in [0.15, 0.2) is 48.5 Å². The molecule has 1 amide bonds. The number of methoxy groups -OCH3 is 2. The molecule has 0 N–H and O–H groups in total. The lowest BCUT2D eigenvalue weighted by atomic mass is 10.1. The molecule has 0 spiro atoms. The molecular formula is C19H21NO3. The van der Waals surface area contributed by atoms with Gasteiger partial charge in [0.1, 0.15) is 11.5 Å². The molecule has 4 nitrogen and oxygen atoms in total. The topological polar surface area (TPSA) is 38.8 Å². The molecule has 2 aromatic rings. The van der Waals surface area contributed by atoms with Crippen LogP contribution in [0.2, 0.25) is 0 Å². The van der Waals surface area contributed by atoms with Gasteiger partial charge in [0, 0.05) is 18.2 Å². The van der Waals surface area contributed by atoms with Gasteiger partial charge in [0.2, 0.25) is 0 Å². The van der Waals surface area contributed by atoms with Gasteiger partial charge in [-0.3, -0.25) is 4.79 Å². The van der Waals surface area contributed by atoms with E-state index in [1.807, 2.05) is 53.4 Å². The van der Waals surface area contributed by atoms with Gasteiger partial charge in [-0.1, -0.05) is 12.1 Å². The summed E-state index contributed by atoms with van der Waals surface area (Å²) in [4.78, 5) is 14.8. The number of amides is 1. The summed E-state index contributed by atoms with van der Waals surface area (Å²) in [6.07, 6.45) is 2.16. The Balaban J connectivity index is 1.75. The number of hydrogen-bond donors (Lipinski definition) is 0. The van der Waals surface area contributed by atoms with E-state index >= 15 is 0 Å². The van der Waals surface area contributed by atoms with E-state index in [0.717, 1.165) is 29.9 Å². The monoisotopic (exact) mass is 311 g/mol. The van der Waals surface area contributed by atoms with Crippen molar-refractivity contribution < 1.29 is 14.3 Å². The predicted molar refractivity (Wildman–Crippen MR) is 88.9 cm³/mol. The van der Waals surface area contributed by atoms with E-state index in [4.69, 9.17) is 9.47 Å². The average Bonchev–Trinajstić information content (AvgIpc) is 3.44. The third kappa shape index (κ3) is 3.65. The molecule has 0 unspecified atom stereocenters. The Morgan fingerprint density at radius 2 is 1.48 bits per heavy atom. The van der Waals surface area contributed by atoms with Gasteiger partial charge in [0.05, 0.1) is 14.2 Å². The smallest absolute Gasteiger partial charge is 0.254 e. The molecule has 0 aromatic heterocycles. The largest absolute Gasteiger partial charge is 0.497 e. The molecular weight excluding hydrogens is 290 g/mol. The van der Waals surface area contributed by atoms with Crippen molar-refractivity contribution in [3.63, 3.8) is 0 Å². The first-order chi connectivity index (χ1) is 11.2. The fourth-order valence-electron chi connectivity index (χ4n) is 2.58. The van der Waals surface area contributed by atoms with E-state index in [0.29, 0.717) is 18.2 Å². The van der Waals surface area contributed by atoms with E-state index in [1.165, 1.54) is 0 Å². The number of benzene rings is 2. The Morgan fingerprint density at radius 3 is 1.96 bits per heavy atom. The lowest BCUT2D eigenvalue weighted by molar-refractivity contribution is 0.0730. The number of ether oxygens (including phenoxy) is 2. The SMILES string of the molecule is COc1ccc(CN(C(=O)c2ccc(OC)cc2)C2CC2)cc1. The van der Waals surface area contributed by atoms with Gasteiger partial charge in [-0.05, 0) is 54.8 Å². The van der Waals surface area contributed by atoms with Crippen molar-refractivity contribution in [1.29, 1.82) is 0 Å². The van der Waals surface area contributed by atoms with Gasteiger partial charge in [-0.2, -0.15) is 0 Å². The summed E-state index contributed by atoms with van der Waals surface area (Å²) < 4.78 is 10.3. The normalized spacial score (nSPS) is 13.5. The van der Waals surface area contributed by atoms with Crippen molar-refractivity contribution >= 4 is 5.91 Å². The van der Waals surface area contributed by atoms with Gasteiger partial charge in [0.15, 0.2) is 0 Å². The molecule has 4 heteroatoms. The Kier molecular flexibility index (Phi) is 4.51. The molecule has 1 fully saturated rings. The zero-order valence-corrected chi connectivity index (χ0v) is 13.5. The molecule has 120 valence electrons. The Bertz CT molecular complexity index is 660. The Morgan fingerprint density at radius 1 is 0.957 bits per heavy atom. The maximum Gasteiger partial charge on any atom is 0.254 e. The minimum absolute atomic E-state index is 0.0750. The van der Waals surface area contributed by atoms with Gasteiger partial charge in [-0.15, -0.1) is 0 Å². The second kappa shape index (κ2) is 6.73. The van der Waals surface area contributed by atoms with Crippen LogP contribution >= 0.6 is 0 Å². The summed E-state index contributed by atoms with van der Waals surface area (Å²) in [5.41, 5.74) is 1.81. The molecule has 1 saturated carbocycles. The van der Waals surface area contributed by atoms with Gasteiger partial charge >= 0.3 is 0 Å². The third-order valence-corrected chi connectivity index (χ3v) is 4.10. The van der Waals surface area contributed by atoms with Crippen LogP contribution in [0.25, 0.3) is 0 Å². The van der Waals surface area contributed by atoms with Crippen LogP contribution < -0.4 is 9.47 Å². The second-order valence-corrected chi connectivity index (χ2v) is 5.74. The van der Waals surface area contributed by atoms with Crippen molar-refractivity contribution in [2.75, 3.05) is 14.2 Å². The molecule has 0 saturated heterocycles. The van der Waals surface area contributed by atoms with E-state index in [1.54, 1.807) is 14.2 Å². The molecule has 3 rings (SSSR count). The quantitative estimate of drug-likeness (QED) is 0.819. The van der Waals surface area contributed by atoms with Crippen LogP contribution in [-0.2, 0) is 6.54 Å². The highest BCUT2D eigenvalue weighted by Crippen LogP contribution is 2.30. The minimum Gasteiger partial charge on any atom is -0.497 e. The number of carbonyl (C=O) groups is 1. The lowest BCUT2D eigenvalue weighted by Gasteiger charge is -2.23. The highest BCUT2D eigenvalue weighted by molar-refractivity contribution is 5.94. The van der Waals surface area contributed by atoms with E-state index in [-0.39, 0.29) is 5.91 Å². The first kappa shape index (κ1) is 15.4. The molecule has 0 bridgehead atoms. The summed E-state index contributed by atoms with van der Waals surface area (Å²) >= 11 is 0. The molecule has 1 aliphatic rings. The lowest BCUT2D eigenvalue weighted by Crippen LogP contribution is -2.32. The summed E-state index contributed by atoms with van der Waals surface area (Å²) in [5.74, 6) is 1.66. The Labute approximate surface area is 136 Å². The van der Waals surface area contributed by atoms with Crippen molar-refractivity contribution in [3.8, 4) is 11.5 Å². The van der Waals surface area contributed by atoms with Gasteiger partial charge in [0.25, 0.3) is 5.91 Å². The van der Waals surface area contributed by atoms with Crippen LogP contribution in [0.4, 0.5) is 0 Å². The van der Waals surface area contributed by atoms with Crippen molar-refractivity contribution in [3.05, 3.63) is 59.7 Å². The maximum absolute atomic E-state index is 12.8. The number of carbonyl (C=O) groups excluding carboxylic acids is 1. The summed E-state index contributed by atoms with van der Waals surface area (Å²) in [6.45, 7) is 0.625. The highest BCUT2D eigenvalue weighted by atomic mass is 16.5. The fraction of sp³-hybridized carbons (Fsp3) is 0.316. The zero-order chi connectivity index (χ0) is 16.2. The van der Waals surface area contributed by atoms with Gasteiger partial charge < -0.3 is 14.4 Å². The fourth-order valence-corrected chi connectivity index (χ4v) is 2.58. The van der Waals surface area contributed by atoms with Crippen LogP contribution in [0.3, 0.4) is 0 Å². The molecule has 1 aliphatic carbocycles. The van der Waals surface area contributed by atoms with E-state index in [2.05, 4.69) is 0 Å². The van der Waals surface area contributed by atoms with Crippen LogP contribution in [0.5, 0.6) is 11.5 Å². The minimum atomic E-state index is 0.0750. The molecule has 0 heterocycles. The van der Waals surface area contributed by atoms with Crippen molar-refractivity contribution in [2.24, 2.45) is 0 Å². The second-order valence-electron chi connectivity index (χ2n) is 5.74. The zero-order valence-electron chi connectivity index (χ0n) is 13.5. The molecule has 2 aromatic carbocycles. The van der Waals surface area contributed by atoms with Crippen LogP contribution in [-0.4, -0.2) is 31.1 Å². The van der Waals surface area contributed by atoms with Gasteiger partial charge in [-0.25, -0.2) is 0 Å². The summed E-state index contributed by atoms with van der Waals surface area (Å²) in [7, 11) is 3.27. The summed E-state index contributed by atoms with van der Waals surface area (Å²) in [5, 5.41) is 0. The van der Waals surface area contributed by atoms with E-state index in [9.17, 15) is 4.79 Å². The van der Waals surface area contributed by atoms with Crippen molar-refractivity contribution in [2.45, 2.75) is 25.4 Å². The molecule has 0 radical (unpaired) electrons. The average molecular weight is 311 g/mol. The third-order valence-electron chi connectivity index (χ3n) is 4.10. The standard InChI is InChI=1S/C19H21NO3/c1-22-17-9-3-14(4-10-17)13-20(16-7-8-16)19(21)15-5-11-18(23-2)12-6-15/h3-6,9-12,16H,7-8,13H2,1-2H3. The first-order valence-electron chi connectivity index (χ1n) is 7.79. The number of rotatable bonds is 6. The molecule has 23 heavy (non-hydrogen) atoms. The number of nitrogens with zero attached hydrogens (tertiary/aromatic N) is 1. The molecule has 0 atom stereocenters. The van der Waals surface area contributed by atoms with Crippen LogP contribution in [0.1, 0.15) is 28.8 Å². The maximum atomic E-state index is 12.8. The van der Waals surface area contributed by atoms with Crippen LogP contribution in [0, 0.1) is 0 Å². The molecule has 0 aliphatic heterocycles. The van der Waals surface area contributed by atoms with Crippen molar-refractivity contribution in [1.82, 2.24) is 4.90 Å². The highest BCUT2D eigenvalue weighted by Gasteiger charge is 2.33.